The fourth-order valence-electron chi connectivity index (χ4n) is 3.46. The van der Waals surface area contributed by atoms with Crippen molar-refractivity contribution >= 4 is 42.7 Å². The van der Waals surface area contributed by atoms with Crippen molar-refractivity contribution in [3.8, 4) is 0 Å². The van der Waals surface area contributed by atoms with E-state index in [2.05, 4.69) is 31.0 Å². The third kappa shape index (κ3) is 5.52. The molecule has 1 aromatic rings. The van der Waals surface area contributed by atoms with Gasteiger partial charge in [-0.3, -0.25) is 14.6 Å². The summed E-state index contributed by atoms with van der Waals surface area (Å²) < 4.78 is 27.3. The molecular weight excluding hydrogens is 460 g/mol. The molecule has 2 atom stereocenters. The molecule has 0 heterocycles. The van der Waals surface area contributed by atoms with E-state index in [1.807, 2.05) is 0 Å². The molecule has 0 spiro atoms. The van der Waals surface area contributed by atoms with Gasteiger partial charge in [-0.1, -0.05) is 40.9 Å². The first kappa shape index (κ1) is 23.2. The number of sulfonamides is 1. The number of halogens is 1. The molecule has 0 unspecified atom stereocenters. The van der Waals surface area contributed by atoms with E-state index in [1.54, 1.807) is 24.3 Å². The van der Waals surface area contributed by atoms with E-state index in [4.69, 9.17) is 5.73 Å². The number of Topliss-reactive ketones (excluding diaryl/α,β-unsaturated/α-hetero) is 1. The Bertz CT molecular complexity index is 926. The number of hydrogen-bond donors (Lipinski definition) is 3. The highest BCUT2D eigenvalue weighted by molar-refractivity contribution is 9.10. The van der Waals surface area contributed by atoms with Gasteiger partial charge in [-0.2, -0.15) is 0 Å². The summed E-state index contributed by atoms with van der Waals surface area (Å²) in [7, 11) is -1.38. The molecule has 1 aromatic carbocycles. The molecule has 0 aliphatic heterocycles. The maximum absolute atomic E-state index is 13.0. The highest BCUT2D eigenvalue weighted by Crippen LogP contribution is 2.33. The number of rotatable bonds is 6. The normalized spacial score (nSPS) is 20.9. The molecule has 1 saturated carbocycles. The van der Waals surface area contributed by atoms with Crippen LogP contribution in [-0.4, -0.2) is 39.2 Å². The average molecular weight is 485 g/mol. The predicted molar refractivity (Wildman–Crippen MR) is 116 cm³/mol. The minimum Gasteiger partial charge on any atom is -0.403 e. The maximum Gasteiger partial charge on any atom is 0.259 e. The number of benzene rings is 1. The van der Waals surface area contributed by atoms with Crippen molar-refractivity contribution in [1.29, 1.82) is 0 Å². The number of aliphatic imine (C=N–C) groups is 1. The van der Waals surface area contributed by atoms with Crippen molar-refractivity contribution in [2.24, 2.45) is 22.6 Å². The van der Waals surface area contributed by atoms with Crippen LogP contribution in [0.1, 0.15) is 36.0 Å². The van der Waals surface area contributed by atoms with Crippen molar-refractivity contribution in [1.82, 2.24) is 10.0 Å². The number of nitrogens with zero attached hydrogens (tertiary/aromatic N) is 1. The van der Waals surface area contributed by atoms with Crippen molar-refractivity contribution in [2.45, 2.75) is 25.7 Å². The Hall–Kier alpha value is -2.04. The van der Waals surface area contributed by atoms with Crippen LogP contribution in [0.2, 0.25) is 0 Å². The Kier molecular flexibility index (Phi) is 8.12. The zero-order valence-corrected chi connectivity index (χ0v) is 18.7. The summed E-state index contributed by atoms with van der Waals surface area (Å²) in [5.41, 5.74) is 5.98. The Morgan fingerprint density at radius 1 is 1.17 bits per heavy atom. The van der Waals surface area contributed by atoms with Crippen molar-refractivity contribution in [2.75, 3.05) is 14.1 Å². The van der Waals surface area contributed by atoms with E-state index in [9.17, 15) is 18.0 Å². The second-order valence-corrected chi connectivity index (χ2v) is 9.39. The zero-order chi connectivity index (χ0) is 21.6. The summed E-state index contributed by atoms with van der Waals surface area (Å²) in [5.74, 6) is -1.59. The number of nitrogens with two attached hydrogens (primary N) is 1. The Balaban J connectivity index is 2.24. The van der Waals surface area contributed by atoms with Crippen LogP contribution in [0.5, 0.6) is 0 Å². The van der Waals surface area contributed by atoms with Gasteiger partial charge in [0.15, 0.2) is 10.8 Å². The predicted octanol–water partition coefficient (Wildman–Crippen LogP) is 1.93. The van der Waals surface area contributed by atoms with Crippen molar-refractivity contribution in [3.05, 3.63) is 46.2 Å². The van der Waals surface area contributed by atoms with E-state index in [0.29, 0.717) is 18.4 Å². The topological polar surface area (TPSA) is 131 Å². The van der Waals surface area contributed by atoms with Gasteiger partial charge in [-0.05, 0) is 32.0 Å². The molecule has 0 aromatic heterocycles. The molecule has 2 rings (SSSR count). The molecule has 0 bridgehead atoms. The lowest BCUT2D eigenvalue weighted by atomic mass is 9.75. The molecule has 158 valence electrons. The molecule has 1 aliphatic carbocycles. The standard InChI is InChI=1S/C19H25BrN4O4S/c1-22-19(29(27,28)23-2)16(11-21)24-18(26)15-6-4-3-5-14(15)17(25)12-7-9-13(20)10-8-12/h7-11,14-15,23H,3-6,21H2,1-2H3,(H,24,26)/t14-,15-/m1/s1. The minimum absolute atomic E-state index is 0.0946. The Morgan fingerprint density at radius 2 is 1.76 bits per heavy atom. The summed E-state index contributed by atoms with van der Waals surface area (Å²) in [6.45, 7) is 0. The van der Waals surface area contributed by atoms with Gasteiger partial charge < -0.3 is 11.1 Å². The van der Waals surface area contributed by atoms with Gasteiger partial charge in [-0.25, -0.2) is 13.1 Å². The number of hydrogen-bond acceptors (Lipinski definition) is 6. The average Bonchev–Trinajstić information content (AvgIpc) is 2.73. The van der Waals surface area contributed by atoms with E-state index in [-0.39, 0.29) is 16.5 Å². The molecule has 8 nitrogen and oxygen atoms in total. The van der Waals surface area contributed by atoms with E-state index in [0.717, 1.165) is 23.5 Å². The van der Waals surface area contributed by atoms with Crippen LogP contribution < -0.4 is 15.8 Å². The van der Waals surface area contributed by atoms with Gasteiger partial charge in [0.2, 0.25) is 5.91 Å². The first-order valence-electron chi connectivity index (χ1n) is 9.18. The van der Waals surface area contributed by atoms with E-state index in [1.165, 1.54) is 14.1 Å². The first-order valence-corrected chi connectivity index (χ1v) is 11.5. The highest BCUT2D eigenvalue weighted by Gasteiger charge is 2.37. The summed E-state index contributed by atoms with van der Waals surface area (Å²) in [5, 5.41) is 2.19. The first-order chi connectivity index (χ1) is 13.7. The second-order valence-electron chi connectivity index (χ2n) is 6.67. The molecule has 0 radical (unpaired) electrons. The molecule has 1 fully saturated rings. The maximum atomic E-state index is 13.0. The molecular formula is C19H25BrN4O4S. The van der Waals surface area contributed by atoms with Crippen LogP contribution >= 0.6 is 15.9 Å². The number of amides is 1. The fourth-order valence-corrected chi connectivity index (χ4v) is 4.57. The Labute approximate surface area is 179 Å². The zero-order valence-electron chi connectivity index (χ0n) is 16.3. The molecule has 0 saturated heterocycles. The quantitative estimate of drug-likeness (QED) is 0.322. The van der Waals surface area contributed by atoms with E-state index < -0.39 is 27.8 Å². The molecule has 4 N–H and O–H groups in total. The lowest BCUT2D eigenvalue weighted by Crippen LogP contribution is -2.43. The number of carbonyl (C=O) groups excluding carboxylic acids is 2. The second kappa shape index (κ2) is 10.1. The van der Waals surface area contributed by atoms with Crippen LogP contribution in [0, 0.1) is 11.8 Å². The van der Waals surface area contributed by atoms with Crippen LogP contribution in [0.4, 0.5) is 0 Å². The van der Waals surface area contributed by atoms with Gasteiger partial charge >= 0.3 is 0 Å². The molecule has 10 heteroatoms. The van der Waals surface area contributed by atoms with Crippen molar-refractivity contribution in [3.63, 3.8) is 0 Å². The summed E-state index contributed by atoms with van der Waals surface area (Å²) in [4.78, 5) is 29.7. The van der Waals surface area contributed by atoms with Crippen LogP contribution in [0.15, 0.2) is 45.6 Å². The smallest absolute Gasteiger partial charge is 0.259 e. The number of nitrogens with one attached hydrogen (secondary N) is 2. The van der Waals surface area contributed by atoms with Gasteiger partial charge in [0.05, 0.1) is 5.70 Å². The van der Waals surface area contributed by atoms with Crippen LogP contribution in [0.25, 0.3) is 0 Å². The number of ketones is 1. The van der Waals surface area contributed by atoms with Gasteiger partial charge in [-0.15, -0.1) is 0 Å². The van der Waals surface area contributed by atoms with Gasteiger partial charge in [0, 0.05) is 35.1 Å². The van der Waals surface area contributed by atoms with Crippen LogP contribution in [-0.2, 0) is 14.8 Å². The largest absolute Gasteiger partial charge is 0.403 e. The van der Waals surface area contributed by atoms with E-state index >= 15 is 0 Å². The molecule has 29 heavy (non-hydrogen) atoms. The highest BCUT2D eigenvalue weighted by atomic mass is 79.9. The van der Waals surface area contributed by atoms with Crippen molar-refractivity contribution < 1.29 is 18.0 Å². The minimum atomic E-state index is -3.91. The van der Waals surface area contributed by atoms with Crippen LogP contribution in [0.3, 0.4) is 0 Å². The fraction of sp³-hybridized carbons (Fsp3) is 0.421. The third-order valence-corrected chi connectivity index (χ3v) is 6.93. The Morgan fingerprint density at radius 3 is 2.28 bits per heavy atom. The van der Waals surface area contributed by atoms with Gasteiger partial charge in [0.25, 0.3) is 10.0 Å². The molecule has 1 amide bonds. The SMILES string of the molecule is CN=C(C(=CN)NC(=O)[C@@H]1CCCC[C@H]1C(=O)c1ccc(Br)cc1)S(=O)(=O)NC. The lowest BCUT2D eigenvalue weighted by Gasteiger charge is -2.30. The number of carbonyl (C=O) groups is 2. The third-order valence-electron chi connectivity index (χ3n) is 4.95. The summed E-state index contributed by atoms with van der Waals surface area (Å²) in [6, 6.07) is 7.02. The lowest BCUT2D eigenvalue weighted by molar-refractivity contribution is -0.126. The monoisotopic (exact) mass is 484 g/mol. The molecule has 1 aliphatic rings. The summed E-state index contributed by atoms with van der Waals surface area (Å²) in [6.07, 6.45) is 3.79. The summed E-state index contributed by atoms with van der Waals surface area (Å²) >= 11 is 3.34. The van der Waals surface area contributed by atoms with Gasteiger partial charge in [0.1, 0.15) is 0 Å².